The van der Waals surface area contributed by atoms with Crippen LogP contribution < -0.4 is 0 Å². The molecule has 2 aromatic rings. The van der Waals surface area contributed by atoms with Gasteiger partial charge in [-0.15, -0.1) is 0 Å². The van der Waals surface area contributed by atoms with Crippen LogP contribution in [0, 0.1) is 0 Å². The van der Waals surface area contributed by atoms with Crippen LogP contribution >= 0.6 is 0 Å². The van der Waals surface area contributed by atoms with Crippen molar-refractivity contribution in [2.45, 2.75) is 17.0 Å². The molecule has 0 saturated heterocycles. The second-order valence-electron chi connectivity index (χ2n) is 4.82. The first-order valence-corrected chi connectivity index (χ1v) is 8.06. The normalized spacial score (nSPS) is 17.3. The fourth-order valence-corrected chi connectivity index (χ4v) is 4.09. The van der Waals surface area contributed by atoms with E-state index in [1.165, 1.54) is 32.0 Å². The van der Waals surface area contributed by atoms with Crippen LogP contribution in [0.4, 0.5) is 0 Å². The fourth-order valence-electron chi connectivity index (χ4n) is 2.76. The van der Waals surface area contributed by atoms with Crippen LogP contribution in [-0.4, -0.2) is 0 Å². The summed E-state index contributed by atoms with van der Waals surface area (Å²) in [6.07, 6.45) is 2.38. The van der Waals surface area contributed by atoms with Crippen molar-refractivity contribution in [3.8, 4) is 11.1 Å². The maximum absolute atomic E-state index is 2.38. The van der Waals surface area contributed by atoms with Gasteiger partial charge in [0.25, 0.3) is 0 Å². The first kappa shape index (κ1) is 12.1. The van der Waals surface area contributed by atoms with E-state index in [9.17, 15) is 0 Å². The average molecular weight is 311 g/mol. The molecule has 0 radical (unpaired) electrons. The average Bonchev–Trinajstić information content (AvgIpc) is 2.74. The van der Waals surface area contributed by atoms with E-state index < -0.39 is 0 Å². The molecule has 0 amide bonds. The summed E-state index contributed by atoms with van der Waals surface area (Å²) in [5, 5.41) is 0. The first-order chi connectivity index (χ1) is 8.81. The van der Waals surface area contributed by atoms with Crippen molar-refractivity contribution >= 4 is 6.08 Å². The Morgan fingerprint density at radius 1 is 1.00 bits per heavy atom. The summed E-state index contributed by atoms with van der Waals surface area (Å²) in [5.41, 5.74) is 7.17. The molecule has 1 heteroatoms. The van der Waals surface area contributed by atoms with Gasteiger partial charge in [-0.2, -0.15) is 0 Å². The van der Waals surface area contributed by atoms with Crippen molar-refractivity contribution in [1.82, 2.24) is 0 Å². The summed E-state index contributed by atoms with van der Waals surface area (Å²) in [6.45, 7) is 2.27. The van der Waals surface area contributed by atoms with Gasteiger partial charge in [0, 0.05) is 0 Å². The molecule has 1 aliphatic carbocycles. The quantitative estimate of drug-likeness (QED) is 0.746. The van der Waals surface area contributed by atoms with Crippen LogP contribution in [0.15, 0.2) is 54.1 Å². The fraction of sp³-hybridized carbons (Fsp3) is 0.176. The van der Waals surface area contributed by atoms with Crippen molar-refractivity contribution in [2.75, 3.05) is 0 Å². The van der Waals surface area contributed by atoms with E-state index in [2.05, 4.69) is 61.5 Å². The zero-order chi connectivity index (χ0) is 12.5. The molecule has 0 nitrogen and oxygen atoms in total. The molecule has 1 aliphatic rings. The summed E-state index contributed by atoms with van der Waals surface area (Å²) in [7, 11) is 0. The van der Waals surface area contributed by atoms with Crippen LogP contribution in [0.1, 0.15) is 24.0 Å². The van der Waals surface area contributed by atoms with Crippen LogP contribution in [0.3, 0.4) is 0 Å². The Balaban J connectivity index is 2.18. The van der Waals surface area contributed by atoms with Gasteiger partial charge in [-0.25, -0.2) is 0 Å². The van der Waals surface area contributed by atoms with Crippen LogP contribution in [0.2, 0.25) is 4.13 Å². The van der Waals surface area contributed by atoms with Gasteiger partial charge in [-0.05, 0) is 0 Å². The minimum absolute atomic E-state index is 0.655. The Bertz CT molecular complexity index is 596. The van der Waals surface area contributed by atoms with Gasteiger partial charge in [-0.1, -0.05) is 0 Å². The zero-order valence-corrected chi connectivity index (χ0v) is 12.9. The summed E-state index contributed by atoms with van der Waals surface area (Å²) in [6, 6.07) is 17.4. The van der Waals surface area contributed by atoms with Crippen molar-refractivity contribution in [2.24, 2.45) is 0 Å². The van der Waals surface area contributed by atoms with Gasteiger partial charge in [0.15, 0.2) is 0 Å². The van der Waals surface area contributed by atoms with Gasteiger partial charge >= 0.3 is 124 Å². The van der Waals surface area contributed by atoms with Crippen molar-refractivity contribution in [3.63, 3.8) is 0 Å². The topological polar surface area (TPSA) is 0 Å². The Kier molecular flexibility index (Phi) is 3.35. The Morgan fingerprint density at radius 3 is 2.50 bits per heavy atom. The van der Waals surface area contributed by atoms with Gasteiger partial charge in [0.2, 0.25) is 0 Å². The number of hydrogen-bond donors (Lipinski definition) is 0. The predicted octanol–water partition coefficient (Wildman–Crippen LogP) is 4.82. The molecule has 0 aliphatic heterocycles. The molecule has 87 valence electrons. The summed E-state index contributed by atoms with van der Waals surface area (Å²) < 4.78 is 1.28. The van der Waals surface area contributed by atoms with Crippen molar-refractivity contribution in [3.05, 3.63) is 65.2 Å². The Morgan fingerprint density at radius 2 is 1.78 bits per heavy atom. The van der Waals surface area contributed by atoms with E-state index in [-0.39, 0.29) is 0 Å². The van der Waals surface area contributed by atoms with E-state index in [4.69, 9.17) is 0 Å². The third-order valence-electron chi connectivity index (χ3n) is 3.73. The van der Waals surface area contributed by atoms with E-state index >= 15 is 0 Å². The number of benzene rings is 2. The van der Waals surface area contributed by atoms with Gasteiger partial charge in [-0.3, -0.25) is 0 Å². The van der Waals surface area contributed by atoms with Gasteiger partial charge in [0.1, 0.15) is 0 Å². The van der Waals surface area contributed by atoms with E-state index in [1.807, 2.05) is 0 Å². The van der Waals surface area contributed by atoms with Gasteiger partial charge in [0.05, 0.1) is 0 Å². The minimum atomic E-state index is 0.655. The monoisotopic (exact) mass is 309 g/mol. The maximum atomic E-state index is 2.38. The number of allylic oxidation sites excluding steroid dienone is 1. The zero-order valence-electron chi connectivity index (χ0n) is 10.5. The molecule has 3 rings (SSSR count). The van der Waals surface area contributed by atoms with Crippen molar-refractivity contribution in [1.29, 1.82) is 0 Å². The van der Waals surface area contributed by atoms with Crippen molar-refractivity contribution < 1.29 is 24.7 Å². The second kappa shape index (κ2) is 4.98. The Labute approximate surface area is 124 Å². The standard InChI is InChI=1S/C17H15.Zr/c1-12-11-17-15(13(12)2)9-6-10-16(17)14-7-4-3-5-8-14;/h3-11,13H,2H2,1H3;. The molecule has 1 atom stereocenters. The summed E-state index contributed by atoms with van der Waals surface area (Å²) in [4.78, 5) is 0. The van der Waals surface area contributed by atoms with Crippen LogP contribution in [-0.2, 0) is 24.7 Å². The van der Waals surface area contributed by atoms with E-state index in [0.29, 0.717) is 5.92 Å². The molecular formula is C17H15Zr. The molecule has 0 saturated carbocycles. The SMILES string of the molecule is CC1=Cc2c(-c3ccccc3)cccc2C1[CH2][Zr]. The molecule has 0 heterocycles. The molecule has 1 unspecified atom stereocenters. The second-order valence-corrected chi connectivity index (χ2v) is 5.82. The molecule has 0 fully saturated rings. The molecule has 0 N–H and O–H groups in total. The van der Waals surface area contributed by atoms with Crippen LogP contribution in [0.5, 0.6) is 0 Å². The van der Waals surface area contributed by atoms with Crippen LogP contribution in [0.25, 0.3) is 17.2 Å². The van der Waals surface area contributed by atoms with E-state index in [0.717, 1.165) is 0 Å². The summed E-state index contributed by atoms with van der Waals surface area (Å²) >= 11 is 1.62. The first-order valence-electron chi connectivity index (χ1n) is 6.32. The third kappa shape index (κ3) is 1.95. The van der Waals surface area contributed by atoms with E-state index in [1.54, 1.807) is 24.7 Å². The molecule has 18 heavy (non-hydrogen) atoms. The summed E-state index contributed by atoms with van der Waals surface area (Å²) in [5.74, 6) is 0.655. The number of fused-ring (bicyclic) bond motifs is 1. The predicted molar refractivity (Wildman–Crippen MR) is 73.1 cm³/mol. The molecule has 0 aromatic heterocycles. The molecule has 2 aromatic carbocycles. The Hall–Kier alpha value is -0.937. The third-order valence-corrected chi connectivity index (χ3v) is 4.73. The molecule has 0 bridgehead atoms. The van der Waals surface area contributed by atoms with Gasteiger partial charge < -0.3 is 0 Å². The molecule has 0 spiro atoms. The number of rotatable bonds is 2. The number of hydrogen-bond acceptors (Lipinski definition) is 0. The molecular weight excluding hydrogens is 295 g/mol.